The van der Waals surface area contributed by atoms with E-state index in [4.69, 9.17) is 11.6 Å². The van der Waals surface area contributed by atoms with Gasteiger partial charge < -0.3 is 10.6 Å². The molecule has 0 unspecified atom stereocenters. The lowest BCUT2D eigenvalue weighted by Gasteiger charge is -2.29. The van der Waals surface area contributed by atoms with Gasteiger partial charge in [-0.05, 0) is 24.8 Å². The first-order valence-electron chi connectivity index (χ1n) is 8.31. The highest BCUT2D eigenvalue weighted by atomic mass is 35.5. The van der Waals surface area contributed by atoms with Crippen LogP contribution in [0, 0.1) is 5.92 Å². The molecule has 1 aromatic carbocycles. The van der Waals surface area contributed by atoms with Crippen LogP contribution in [0.25, 0.3) is 10.1 Å². The number of hydrogen-bond acceptors (Lipinski definition) is 3. The summed E-state index contributed by atoms with van der Waals surface area (Å²) in [5, 5.41) is 7.04. The Bertz CT molecular complexity index is 759. The summed E-state index contributed by atoms with van der Waals surface area (Å²) >= 11 is 7.64. The van der Waals surface area contributed by atoms with Crippen LogP contribution >= 0.6 is 22.9 Å². The summed E-state index contributed by atoms with van der Waals surface area (Å²) in [5.74, 6) is 0.0582. The van der Waals surface area contributed by atoms with Gasteiger partial charge in [-0.15, -0.1) is 11.3 Å². The summed E-state index contributed by atoms with van der Waals surface area (Å²) in [4.78, 5) is 24.9. The molecule has 128 valence electrons. The number of benzene rings is 1. The molecule has 2 atom stereocenters. The lowest BCUT2D eigenvalue weighted by Crippen LogP contribution is -2.45. The van der Waals surface area contributed by atoms with Gasteiger partial charge in [0.2, 0.25) is 5.91 Å². The second-order valence-corrected chi connectivity index (χ2v) is 7.79. The van der Waals surface area contributed by atoms with Crippen LogP contribution in [-0.4, -0.2) is 24.4 Å². The predicted octanol–water partition coefficient (Wildman–Crippen LogP) is 3.98. The number of carbonyl (C=O) groups excluding carboxylic acids is 2. The SMILES string of the molecule is C[C@H]1CCCC[C@@H]1NC(=O)CNC(=O)c1sc2ccccc2c1Cl. The highest BCUT2D eigenvalue weighted by Crippen LogP contribution is 2.34. The van der Waals surface area contributed by atoms with Gasteiger partial charge in [-0.3, -0.25) is 9.59 Å². The van der Waals surface area contributed by atoms with Crippen molar-refractivity contribution in [3.8, 4) is 0 Å². The van der Waals surface area contributed by atoms with E-state index >= 15 is 0 Å². The Morgan fingerprint density at radius 2 is 2.00 bits per heavy atom. The van der Waals surface area contributed by atoms with Gasteiger partial charge in [0.25, 0.3) is 5.91 Å². The largest absolute Gasteiger partial charge is 0.352 e. The molecule has 0 aliphatic heterocycles. The van der Waals surface area contributed by atoms with Gasteiger partial charge in [0.15, 0.2) is 0 Å². The normalized spacial score (nSPS) is 20.8. The first-order valence-corrected chi connectivity index (χ1v) is 9.50. The minimum atomic E-state index is -0.298. The fourth-order valence-electron chi connectivity index (χ4n) is 3.19. The van der Waals surface area contributed by atoms with Crippen LogP contribution in [0.5, 0.6) is 0 Å². The van der Waals surface area contributed by atoms with Crippen molar-refractivity contribution in [2.75, 3.05) is 6.54 Å². The Morgan fingerprint density at radius 3 is 2.75 bits per heavy atom. The molecule has 2 N–H and O–H groups in total. The molecule has 6 heteroatoms. The first-order chi connectivity index (χ1) is 11.6. The van der Waals surface area contributed by atoms with Crippen LogP contribution in [0.3, 0.4) is 0 Å². The molecule has 4 nitrogen and oxygen atoms in total. The number of nitrogens with one attached hydrogen (secondary N) is 2. The zero-order valence-corrected chi connectivity index (χ0v) is 15.2. The molecule has 0 radical (unpaired) electrons. The molecule has 1 aromatic heterocycles. The van der Waals surface area contributed by atoms with Crippen LogP contribution in [0.4, 0.5) is 0 Å². The summed E-state index contributed by atoms with van der Waals surface area (Å²) in [6.45, 7) is 2.15. The molecule has 24 heavy (non-hydrogen) atoms. The van der Waals surface area contributed by atoms with Crippen LogP contribution in [-0.2, 0) is 4.79 Å². The van der Waals surface area contributed by atoms with Crippen molar-refractivity contribution in [3.05, 3.63) is 34.2 Å². The average molecular weight is 365 g/mol. The quantitative estimate of drug-likeness (QED) is 0.862. The van der Waals surface area contributed by atoms with Crippen LogP contribution < -0.4 is 10.6 Å². The highest BCUT2D eigenvalue weighted by molar-refractivity contribution is 7.21. The predicted molar refractivity (Wildman–Crippen MR) is 98.7 cm³/mol. The number of halogens is 1. The number of fused-ring (bicyclic) bond motifs is 1. The topological polar surface area (TPSA) is 58.2 Å². The lowest BCUT2D eigenvalue weighted by molar-refractivity contribution is -0.121. The number of thiophene rings is 1. The Labute approximate surface area is 150 Å². The van der Waals surface area contributed by atoms with Gasteiger partial charge in [-0.25, -0.2) is 0 Å². The van der Waals surface area contributed by atoms with E-state index in [0.717, 1.165) is 29.3 Å². The Hall–Kier alpha value is -1.59. The summed E-state index contributed by atoms with van der Waals surface area (Å²) in [7, 11) is 0. The standard InChI is InChI=1S/C18H21ClN2O2S/c1-11-6-2-4-8-13(11)21-15(22)10-20-18(23)17-16(19)12-7-3-5-9-14(12)24-17/h3,5,7,9,11,13H,2,4,6,8,10H2,1H3,(H,20,23)(H,21,22)/t11-,13-/m0/s1. The monoisotopic (exact) mass is 364 g/mol. The molecule has 0 spiro atoms. The highest BCUT2D eigenvalue weighted by Gasteiger charge is 2.23. The van der Waals surface area contributed by atoms with E-state index < -0.39 is 0 Å². The summed E-state index contributed by atoms with van der Waals surface area (Å²) in [6.07, 6.45) is 4.55. The molecule has 0 saturated heterocycles. The van der Waals surface area contributed by atoms with E-state index in [1.165, 1.54) is 17.8 Å². The zero-order chi connectivity index (χ0) is 17.1. The summed E-state index contributed by atoms with van der Waals surface area (Å²) in [6, 6.07) is 7.84. The molecule has 3 rings (SSSR count). The first kappa shape index (κ1) is 17.2. The number of carbonyl (C=O) groups is 2. The summed E-state index contributed by atoms with van der Waals surface area (Å²) in [5.41, 5.74) is 0. The third-order valence-electron chi connectivity index (χ3n) is 4.61. The molecular weight excluding hydrogens is 344 g/mol. The van der Waals surface area contributed by atoms with Crippen molar-refractivity contribution >= 4 is 44.8 Å². The third kappa shape index (κ3) is 3.73. The van der Waals surface area contributed by atoms with Crippen LogP contribution in [0.1, 0.15) is 42.3 Å². The number of hydrogen-bond donors (Lipinski definition) is 2. The minimum Gasteiger partial charge on any atom is -0.352 e. The number of rotatable bonds is 4. The molecular formula is C18H21ClN2O2S. The fourth-order valence-corrected chi connectivity index (χ4v) is 4.62. The molecule has 2 aromatic rings. The lowest BCUT2D eigenvalue weighted by atomic mass is 9.86. The van der Waals surface area contributed by atoms with Crippen molar-refractivity contribution in [2.24, 2.45) is 5.92 Å². The van der Waals surface area contributed by atoms with Gasteiger partial charge in [0.1, 0.15) is 4.88 Å². The minimum absolute atomic E-state index is 0.0212. The van der Waals surface area contributed by atoms with Gasteiger partial charge >= 0.3 is 0 Å². The molecule has 1 aliphatic carbocycles. The molecule has 1 saturated carbocycles. The maximum absolute atomic E-state index is 12.3. The van der Waals surface area contributed by atoms with E-state index in [-0.39, 0.29) is 24.4 Å². The number of amides is 2. The molecule has 1 heterocycles. The van der Waals surface area contributed by atoms with Gasteiger partial charge in [0, 0.05) is 16.1 Å². The summed E-state index contributed by atoms with van der Waals surface area (Å²) < 4.78 is 0.966. The Balaban J connectivity index is 1.58. The maximum atomic E-state index is 12.3. The second-order valence-electron chi connectivity index (χ2n) is 6.36. The third-order valence-corrected chi connectivity index (χ3v) is 6.28. The Kier molecular flexibility index (Phi) is 5.41. The van der Waals surface area contributed by atoms with E-state index in [2.05, 4.69) is 17.6 Å². The maximum Gasteiger partial charge on any atom is 0.263 e. The Morgan fingerprint density at radius 1 is 1.25 bits per heavy atom. The van der Waals surface area contributed by atoms with Crippen molar-refractivity contribution < 1.29 is 9.59 Å². The zero-order valence-electron chi connectivity index (χ0n) is 13.6. The van der Waals surface area contributed by atoms with E-state index in [9.17, 15) is 9.59 Å². The molecule has 2 amide bonds. The van der Waals surface area contributed by atoms with E-state index in [1.54, 1.807) is 0 Å². The second kappa shape index (κ2) is 7.53. The molecule has 1 fully saturated rings. The van der Waals surface area contributed by atoms with E-state index in [1.807, 2.05) is 24.3 Å². The van der Waals surface area contributed by atoms with Crippen LogP contribution in [0.15, 0.2) is 24.3 Å². The van der Waals surface area contributed by atoms with Crippen molar-refractivity contribution in [3.63, 3.8) is 0 Å². The van der Waals surface area contributed by atoms with Crippen LogP contribution in [0.2, 0.25) is 5.02 Å². The average Bonchev–Trinajstić information content (AvgIpc) is 2.92. The van der Waals surface area contributed by atoms with E-state index in [0.29, 0.717) is 15.8 Å². The fraction of sp³-hybridized carbons (Fsp3) is 0.444. The van der Waals surface area contributed by atoms with Crippen molar-refractivity contribution in [1.29, 1.82) is 0 Å². The van der Waals surface area contributed by atoms with Gasteiger partial charge in [0.05, 0.1) is 11.6 Å². The van der Waals surface area contributed by atoms with Gasteiger partial charge in [-0.2, -0.15) is 0 Å². The smallest absolute Gasteiger partial charge is 0.263 e. The molecule has 1 aliphatic rings. The molecule has 0 bridgehead atoms. The van der Waals surface area contributed by atoms with Crippen molar-refractivity contribution in [1.82, 2.24) is 10.6 Å². The van der Waals surface area contributed by atoms with Gasteiger partial charge in [-0.1, -0.05) is 49.6 Å². The van der Waals surface area contributed by atoms with Crippen molar-refractivity contribution in [2.45, 2.75) is 38.6 Å².